The molecule has 0 fully saturated rings. The van der Waals surface area contributed by atoms with Crippen LogP contribution in [0.2, 0.25) is 0 Å². The van der Waals surface area contributed by atoms with E-state index in [2.05, 4.69) is 10.2 Å². The Morgan fingerprint density at radius 1 is 1.17 bits per heavy atom. The van der Waals surface area contributed by atoms with E-state index >= 15 is 0 Å². The third-order valence-corrected chi connectivity index (χ3v) is 4.12. The molecule has 0 unspecified atom stereocenters. The first kappa shape index (κ1) is 20.7. The van der Waals surface area contributed by atoms with Gasteiger partial charge in [0.2, 0.25) is 5.89 Å². The maximum Gasteiger partial charge on any atom is 0.312 e. The number of hydrogen-bond donors (Lipinski definition) is 1. The second-order valence-electron chi connectivity index (χ2n) is 6.22. The average molecular weight is 413 g/mol. The molecule has 0 radical (unpaired) electrons. The van der Waals surface area contributed by atoms with Gasteiger partial charge in [0.25, 0.3) is 12.3 Å². The maximum atomic E-state index is 13.1. The summed E-state index contributed by atoms with van der Waals surface area (Å²) in [5.41, 5.74) is 6.35. The van der Waals surface area contributed by atoms with E-state index in [4.69, 9.17) is 20.1 Å². The van der Waals surface area contributed by atoms with Crippen LogP contribution < -0.4 is 10.5 Å². The van der Waals surface area contributed by atoms with Crippen LogP contribution in [0.15, 0.2) is 52.9 Å². The van der Waals surface area contributed by atoms with Gasteiger partial charge < -0.3 is 19.8 Å². The van der Waals surface area contributed by atoms with Gasteiger partial charge in [-0.15, -0.1) is 5.10 Å². The fourth-order valence-electron chi connectivity index (χ4n) is 2.65. The number of ether oxygens (including phenoxy) is 1. The highest BCUT2D eigenvalue weighted by atomic mass is 19.3. The minimum Gasteiger partial charge on any atom is -0.483 e. The Bertz CT molecular complexity index is 1050. The van der Waals surface area contributed by atoms with Gasteiger partial charge in [-0.1, -0.05) is 29.4 Å². The molecule has 1 amide bonds. The van der Waals surface area contributed by atoms with Crippen molar-refractivity contribution in [2.45, 2.75) is 19.5 Å². The molecule has 0 saturated heterocycles. The van der Waals surface area contributed by atoms with Gasteiger partial charge in [0.15, 0.2) is 6.61 Å². The normalized spacial score (nSPS) is 10.6. The number of nitrogen functional groups attached to an aromatic ring is 1. The molecule has 30 heavy (non-hydrogen) atoms. The third kappa shape index (κ3) is 5.29. The highest BCUT2D eigenvalue weighted by Crippen LogP contribution is 2.28. The number of para-hydroxylation sites is 1. The lowest BCUT2D eigenvalue weighted by molar-refractivity contribution is -0.135. The highest BCUT2D eigenvalue weighted by Gasteiger charge is 2.20. The van der Waals surface area contributed by atoms with Gasteiger partial charge >= 0.3 is 6.01 Å². The number of alkyl halides is 2. The number of carbonyl (C=O) groups is 1. The Balaban J connectivity index is 1.74. The Labute approximate surface area is 170 Å². The number of amides is 1. The lowest BCUT2D eigenvalue weighted by atomic mass is 10.1. The highest BCUT2D eigenvalue weighted by molar-refractivity contribution is 5.77. The zero-order chi connectivity index (χ0) is 21.5. The Hall–Kier alpha value is -4.00. The van der Waals surface area contributed by atoms with Gasteiger partial charge in [-0.05, 0) is 29.8 Å². The van der Waals surface area contributed by atoms with Crippen LogP contribution in [0, 0.1) is 11.3 Å². The van der Waals surface area contributed by atoms with E-state index in [1.807, 2.05) is 6.07 Å². The van der Waals surface area contributed by atoms with Crippen LogP contribution in [0.1, 0.15) is 29.0 Å². The van der Waals surface area contributed by atoms with E-state index in [-0.39, 0.29) is 36.3 Å². The van der Waals surface area contributed by atoms with Crippen molar-refractivity contribution in [2.75, 3.05) is 12.3 Å². The van der Waals surface area contributed by atoms with Crippen LogP contribution in [0.5, 0.6) is 5.75 Å². The maximum absolute atomic E-state index is 13.1. The van der Waals surface area contributed by atoms with E-state index < -0.39 is 18.9 Å². The van der Waals surface area contributed by atoms with Crippen LogP contribution in [-0.4, -0.2) is 27.6 Å². The monoisotopic (exact) mass is 413 g/mol. The van der Waals surface area contributed by atoms with Crippen molar-refractivity contribution in [3.63, 3.8) is 0 Å². The van der Waals surface area contributed by atoms with E-state index in [0.29, 0.717) is 5.56 Å². The van der Waals surface area contributed by atoms with Crippen molar-refractivity contribution in [3.05, 3.63) is 71.1 Å². The topological polar surface area (TPSA) is 118 Å². The summed E-state index contributed by atoms with van der Waals surface area (Å²) in [7, 11) is 0. The summed E-state index contributed by atoms with van der Waals surface area (Å²) < 4.78 is 36.7. The SMILES string of the molecule is N#Cc1ccc(CN(Cc2nnc(N)o2)C(=O)COc2ccccc2C(F)F)cc1. The standard InChI is InChI=1S/C20H17F2N5O3/c21-19(22)15-3-1-2-4-16(15)29-12-18(28)27(11-17-25-26-20(24)30-17)10-14-7-5-13(9-23)6-8-14/h1-8,19H,10-12H2,(H2,24,26). The molecule has 0 aliphatic rings. The quantitative estimate of drug-likeness (QED) is 0.603. The molecule has 0 atom stereocenters. The Morgan fingerprint density at radius 2 is 1.90 bits per heavy atom. The van der Waals surface area contributed by atoms with Gasteiger partial charge in [0, 0.05) is 6.54 Å². The van der Waals surface area contributed by atoms with Crippen molar-refractivity contribution >= 4 is 11.9 Å². The third-order valence-electron chi connectivity index (χ3n) is 4.12. The number of nitrogens with zero attached hydrogens (tertiary/aromatic N) is 4. The first-order valence-electron chi connectivity index (χ1n) is 8.81. The second-order valence-corrected chi connectivity index (χ2v) is 6.22. The second kappa shape index (κ2) is 9.47. The minimum atomic E-state index is -2.73. The molecule has 3 aromatic rings. The summed E-state index contributed by atoms with van der Waals surface area (Å²) in [6.45, 7) is -0.376. The molecule has 1 heterocycles. The molecule has 0 spiro atoms. The largest absolute Gasteiger partial charge is 0.483 e. The number of nitriles is 1. The fourth-order valence-corrected chi connectivity index (χ4v) is 2.65. The molecule has 0 aliphatic carbocycles. The number of hydrogen-bond acceptors (Lipinski definition) is 7. The summed E-state index contributed by atoms with van der Waals surface area (Å²) in [4.78, 5) is 14.1. The number of anilines is 1. The predicted octanol–water partition coefficient (Wildman–Crippen LogP) is 3.07. The number of aromatic nitrogens is 2. The molecule has 2 N–H and O–H groups in total. The predicted molar refractivity (Wildman–Crippen MR) is 101 cm³/mol. The number of halogens is 2. The van der Waals surface area contributed by atoms with Crippen LogP contribution >= 0.6 is 0 Å². The van der Waals surface area contributed by atoms with Crippen LogP contribution in [-0.2, 0) is 17.9 Å². The van der Waals surface area contributed by atoms with Gasteiger partial charge in [-0.3, -0.25) is 4.79 Å². The number of nitrogens with two attached hydrogens (primary N) is 1. The van der Waals surface area contributed by atoms with Gasteiger partial charge in [-0.25, -0.2) is 8.78 Å². The summed E-state index contributed by atoms with van der Waals surface area (Å²) >= 11 is 0. The first-order valence-corrected chi connectivity index (χ1v) is 8.81. The summed E-state index contributed by atoms with van der Waals surface area (Å²) in [5, 5.41) is 16.2. The Kier molecular flexibility index (Phi) is 6.54. The van der Waals surface area contributed by atoms with Crippen molar-refractivity contribution in [1.29, 1.82) is 5.26 Å². The Morgan fingerprint density at radius 3 is 2.53 bits per heavy atom. The zero-order valence-electron chi connectivity index (χ0n) is 15.7. The van der Waals surface area contributed by atoms with E-state index in [0.717, 1.165) is 5.56 Å². The van der Waals surface area contributed by atoms with Crippen molar-refractivity contribution in [1.82, 2.24) is 15.1 Å². The summed E-state index contributed by atoms with van der Waals surface area (Å²) in [6.07, 6.45) is -2.73. The molecule has 1 aromatic heterocycles. The molecular weight excluding hydrogens is 396 g/mol. The summed E-state index contributed by atoms with van der Waals surface area (Å²) in [6, 6.07) is 14.1. The smallest absolute Gasteiger partial charge is 0.312 e. The summed E-state index contributed by atoms with van der Waals surface area (Å²) in [5.74, 6) is -0.441. The first-order chi connectivity index (χ1) is 14.5. The molecule has 0 saturated carbocycles. The zero-order valence-corrected chi connectivity index (χ0v) is 15.7. The fraction of sp³-hybridized carbons (Fsp3) is 0.200. The van der Waals surface area contributed by atoms with Crippen LogP contribution in [0.3, 0.4) is 0 Å². The van der Waals surface area contributed by atoms with E-state index in [1.54, 1.807) is 30.3 Å². The molecule has 0 bridgehead atoms. The van der Waals surface area contributed by atoms with E-state index in [9.17, 15) is 13.6 Å². The minimum absolute atomic E-state index is 0.0527. The number of benzene rings is 2. The molecule has 10 heteroatoms. The molecule has 3 rings (SSSR count). The number of rotatable bonds is 8. The van der Waals surface area contributed by atoms with Crippen LogP contribution in [0.25, 0.3) is 0 Å². The van der Waals surface area contributed by atoms with Crippen LogP contribution in [0.4, 0.5) is 14.8 Å². The van der Waals surface area contributed by atoms with E-state index in [1.165, 1.54) is 23.1 Å². The molecule has 0 aliphatic heterocycles. The van der Waals surface area contributed by atoms with Crippen molar-refractivity contribution < 1.29 is 22.7 Å². The average Bonchev–Trinajstić information content (AvgIpc) is 3.16. The lowest BCUT2D eigenvalue weighted by Crippen LogP contribution is -2.34. The lowest BCUT2D eigenvalue weighted by Gasteiger charge is -2.22. The molecular formula is C20H17F2N5O3. The van der Waals surface area contributed by atoms with Gasteiger partial charge in [0.05, 0.1) is 23.7 Å². The van der Waals surface area contributed by atoms with Crippen molar-refractivity contribution in [3.8, 4) is 11.8 Å². The molecule has 2 aromatic carbocycles. The van der Waals surface area contributed by atoms with Crippen molar-refractivity contribution in [2.24, 2.45) is 0 Å². The molecule has 8 nitrogen and oxygen atoms in total. The number of carbonyl (C=O) groups excluding carboxylic acids is 1. The molecule has 154 valence electrons. The van der Waals surface area contributed by atoms with Gasteiger partial charge in [0.1, 0.15) is 5.75 Å². The van der Waals surface area contributed by atoms with Gasteiger partial charge in [-0.2, -0.15) is 5.26 Å².